The van der Waals surface area contributed by atoms with Gasteiger partial charge in [0.25, 0.3) is 15.9 Å². The number of furan rings is 1. The van der Waals surface area contributed by atoms with Crippen molar-refractivity contribution in [2.24, 2.45) is 0 Å². The van der Waals surface area contributed by atoms with Crippen LogP contribution in [0, 0.1) is 6.92 Å². The molecule has 0 unspecified atom stereocenters. The zero-order chi connectivity index (χ0) is 15.6. The number of carbonyl (C=O) groups is 1. The Bertz CT molecular complexity index is 747. The Labute approximate surface area is 121 Å². The maximum Gasteiger partial charge on any atom is 0.289 e. The fourth-order valence-corrected chi connectivity index (χ4v) is 2.32. The van der Waals surface area contributed by atoms with Crippen LogP contribution in [0.15, 0.2) is 32.2 Å². The largest absolute Gasteiger partial charge is 0.438 e. The average molecular weight is 313 g/mol. The third kappa shape index (κ3) is 3.31. The predicted molar refractivity (Wildman–Crippen MR) is 72.0 cm³/mol. The van der Waals surface area contributed by atoms with E-state index in [9.17, 15) is 13.2 Å². The Hall–Kier alpha value is -2.13. The van der Waals surface area contributed by atoms with Crippen LogP contribution < -0.4 is 4.72 Å². The number of hydrogen-bond acceptors (Lipinski definition) is 6. The van der Waals surface area contributed by atoms with Crippen LogP contribution in [0.3, 0.4) is 0 Å². The van der Waals surface area contributed by atoms with Crippen molar-refractivity contribution in [3.05, 3.63) is 35.4 Å². The van der Waals surface area contributed by atoms with Crippen molar-refractivity contribution >= 4 is 15.9 Å². The number of amides is 1. The van der Waals surface area contributed by atoms with Crippen molar-refractivity contribution in [3.8, 4) is 0 Å². The van der Waals surface area contributed by atoms with Gasteiger partial charge >= 0.3 is 0 Å². The molecule has 0 aromatic carbocycles. The van der Waals surface area contributed by atoms with Crippen molar-refractivity contribution in [2.75, 3.05) is 14.1 Å². The van der Waals surface area contributed by atoms with Gasteiger partial charge in [-0.2, -0.15) is 0 Å². The SMILES string of the molecule is CNS(=O)(=O)c1ccc(C(=O)N(C)Cc2cc(C)on2)o1. The van der Waals surface area contributed by atoms with Gasteiger partial charge in [-0.25, -0.2) is 13.1 Å². The first-order chi connectivity index (χ1) is 9.83. The third-order valence-corrected chi connectivity index (χ3v) is 4.03. The van der Waals surface area contributed by atoms with E-state index in [1.165, 1.54) is 24.1 Å². The van der Waals surface area contributed by atoms with Crippen LogP contribution in [-0.2, 0) is 16.6 Å². The molecule has 1 amide bonds. The summed E-state index contributed by atoms with van der Waals surface area (Å²) in [6.07, 6.45) is 0. The summed E-state index contributed by atoms with van der Waals surface area (Å²) < 4.78 is 35.2. The number of hydrogen-bond donors (Lipinski definition) is 1. The standard InChI is InChI=1S/C12H15N3O5S/c1-8-6-9(14-20-8)7-15(3)12(16)10-4-5-11(19-10)21(17,18)13-2/h4-6,13H,7H2,1-3H3. The first kappa shape index (κ1) is 15.3. The minimum absolute atomic E-state index is 0.0634. The summed E-state index contributed by atoms with van der Waals surface area (Å²) in [5.41, 5.74) is 0.595. The molecule has 0 spiro atoms. The van der Waals surface area contributed by atoms with Crippen molar-refractivity contribution in [1.29, 1.82) is 0 Å². The molecule has 0 saturated carbocycles. The quantitative estimate of drug-likeness (QED) is 0.873. The first-order valence-corrected chi connectivity index (χ1v) is 7.53. The Balaban J connectivity index is 2.13. The van der Waals surface area contributed by atoms with Crippen molar-refractivity contribution in [1.82, 2.24) is 14.8 Å². The Morgan fingerprint density at radius 2 is 2.14 bits per heavy atom. The number of nitrogens with zero attached hydrogens (tertiary/aromatic N) is 2. The molecule has 0 radical (unpaired) electrons. The van der Waals surface area contributed by atoms with Gasteiger partial charge < -0.3 is 13.8 Å². The molecule has 0 aliphatic rings. The molecule has 0 saturated heterocycles. The van der Waals surface area contributed by atoms with E-state index >= 15 is 0 Å². The maximum absolute atomic E-state index is 12.1. The summed E-state index contributed by atoms with van der Waals surface area (Å²) in [6, 6.07) is 4.26. The fraction of sp³-hybridized carbons (Fsp3) is 0.333. The molecule has 2 rings (SSSR count). The summed E-state index contributed by atoms with van der Waals surface area (Å²) in [7, 11) is -0.888. The molecule has 1 N–H and O–H groups in total. The number of sulfonamides is 1. The van der Waals surface area contributed by atoms with E-state index in [-0.39, 0.29) is 17.4 Å². The molecule has 2 heterocycles. The molecular formula is C12H15N3O5S. The first-order valence-electron chi connectivity index (χ1n) is 6.04. The smallest absolute Gasteiger partial charge is 0.289 e. The molecule has 2 aromatic rings. The highest BCUT2D eigenvalue weighted by molar-refractivity contribution is 7.89. The number of aryl methyl sites for hydroxylation is 1. The van der Waals surface area contributed by atoms with E-state index < -0.39 is 15.9 Å². The van der Waals surface area contributed by atoms with Crippen LogP contribution >= 0.6 is 0 Å². The summed E-state index contributed by atoms with van der Waals surface area (Å²) in [6.45, 7) is 1.98. The molecule has 0 atom stereocenters. The highest BCUT2D eigenvalue weighted by Gasteiger charge is 2.22. The lowest BCUT2D eigenvalue weighted by atomic mass is 10.3. The molecule has 0 bridgehead atoms. The maximum atomic E-state index is 12.1. The number of carbonyl (C=O) groups excluding carboxylic acids is 1. The minimum Gasteiger partial charge on any atom is -0.438 e. The van der Waals surface area contributed by atoms with Crippen LogP contribution in [-0.4, -0.2) is 38.5 Å². The molecular weight excluding hydrogens is 298 g/mol. The van der Waals surface area contributed by atoms with Gasteiger partial charge in [0, 0.05) is 13.1 Å². The van der Waals surface area contributed by atoms with Gasteiger partial charge in [0.2, 0.25) is 5.09 Å². The normalized spacial score (nSPS) is 11.6. The van der Waals surface area contributed by atoms with Crippen LogP contribution in [0.25, 0.3) is 0 Å². The van der Waals surface area contributed by atoms with E-state index in [0.29, 0.717) is 11.5 Å². The fourth-order valence-electron chi connectivity index (χ4n) is 1.68. The number of rotatable bonds is 5. The van der Waals surface area contributed by atoms with Gasteiger partial charge in [0.05, 0.1) is 6.54 Å². The molecule has 114 valence electrons. The van der Waals surface area contributed by atoms with Crippen molar-refractivity contribution in [2.45, 2.75) is 18.6 Å². The lowest BCUT2D eigenvalue weighted by Crippen LogP contribution is -2.26. The Kier molecular flexibility index (Phi) is 4.14. The van der Waals surface area contributed by atoms with Crippen molar-refractivity contribution < 1.29 is 22.2 Å². The Morgan fingerprint density at radius 3 is 2.71 bits per heavy atom. The van der Waals surface area contributed by atoms with E-state index in [1.54, 1.807) is 20.0 Å². The van der Waals surface area contributed by atoms with Gasteiger partial charge in [0.15, 0.2) is 5.76 Å². The second-order valence-corrected chi connectivity index (χ2v) is 6.23. The third-order valence-electron chi connectivity index (χ3n) is 2.75. The van der Waals surface area contributed by atoms with Gasteiger partial charge in [-0.3, -0.25) is 4.79 Å². The van der Waals surface area contributed by atoms with E-state index in [2.05, 4.69) is 9.88 Å². The van der Waals surface area contributed by atoms with Crippen molar-refractivity contribution in [3.63, 3.8) is 0 Å². The lowest BCUT2D eigenvalue weighted by Gasteiger charge is -2.13. The second-order valence-electron chi connectivity index (χ2n) is 4.42. The topological polar surface area (TPSA) is 106 Å². The highest BCUT2D eigenvalue weighted by atomic mass is 32.2. The zero-order valence-corrected chi connectivity index (χ0v) is 12.6. The van der Waals surface area contributed by atoms with Crippen LogP contribution in [0.1, 0.15) is 22.0 Å². The van der Waals surface area contributed by atoms with E-state index in [4.69, 9.17) is 8.94 Å². The number of aromatic nitrogens is 1. The van der Waals surface area contributed by atoms with Crippen LogP contribution in [0.4, 0.5) is 0 Å². The zero-order valence-electron chi connectivity index (χ0n) is 11.8. The molecule has 21 heavy (non-hydrogen) atoms. The van der Waals surface area contributed by atoms with E-state index in [1.807, 2.05) is 0 Å². The van der Waals surface area contributed by atoms with Gasteiger partial charge in [0.1, 0.15) is 11.5 Å². The van der Waals surface area contributed by atoms with Crippen LogP contribution in [0.5, 0.6) is 0 Å². The lowest BCUT2D eigenvalue weighted by molar-refractivity contribution is 0.0744. The molecule has 0 aliphatic carbocycles. The van der Waals surface area contributed by atoms with Gasteiger partial charge in [-0.15, -0.1) is 0 Å². The summed E-state index contributed by atoms with van der Waals surface area (Å²) in [4.78, 5) is 13.5. The summed E-state index contributed by atoms with van der Waals surface area (Å²) >= 11 is 0. The summed E-state index contributed by atoms with van der Waals surface area (Å²) in [5, 5.41) is 3.48. The minimum atomic E-state index is -3.71. The molecule has 9 heteroatoms. The number of nitrogens with one attached hydrogen (secondary N) is 1. The van der Waals surface area contributed by atoms with Crippen LogP contribution in [0.2, 0.25) is 0 Å². The summed E-state index contributed by atoms with van der Waals surface area (Å²) in [5.74, 6) is 0.131. The second kappa shape index (κ2) is 5.70. The molecule has 2 aromatic heterocycles. The van der Waals surface area contributed by atoms with Gasteiger partial charge in [-0.1, -0.05) is 5.16 Å². The Morgan fingerprint density at radius 1 is 1.43 bits per heavy atom. The highest BCUT2D eigenvalue weighted by Crippen LogP contribution is 2.16. The molecule has 8 nitrogen and oxygen atoms in total. The van der Waals surface area contributed by atoms with Gasteiger partial charge in [-0.05, 0) is 26.1 Å². The van der Waals surface area contributed by atoms with E-state index in [0.717, 1.165) is 0 Å². The molecule has 0 fully saturated rings. The predicted octanol–water partition coefficient (Wildman–Crippen LogP) is 0.756. The average Bonchev–Trinajstić information content (AvgIpc) is 3.07. The monoisotopic (exact) mass is 313 g/mol. The molecule has 0 aliphatic heterocycles.